The van der Waals surface area contributed by atoms with Gasteiger partial charge in [0.25, 0.3) is 5.91 Å². The SMILES string of the molecule is CN(Cc1ccc(N2CCOCC2)cc1)CN1C(=O)N[C@@](C)(c2ccc3ccccc3c2)C1=O. The van der Waals surface area contributed by atoms with Gasteiger partial charge in [0, 0.05) is 25.3 Å². The largest absolute Gasteiger partial charge is 0.378 e. The smallest absolute Gasteiger partial charge is 0.326 e. The number of hydrogen-bond acceptors (Lipinski definition) is 5. The second-order valence-corrected chi connectivity index (χ2v) is 9.27. The fraction of sp³-hybridized carbons (Fsp3) is 0.333. The Bertz CT molecular complexity index is 1210. The second-order valence-electron chi connectivity index (χ2n) is 9.27. The van der Waals surface area contributed by atoms with Crippen LogP contribution >= 0.6 is 0 Å². The molecule has 1 N–H and O–H groups in total. The molecule has 0 spiro atoms. The number of rotatable bonds is 6. The van der Waals surface area contributed by atoms with E-state index in [9.17, 15) is 9.59 Å². The molecular formula is C27H30N4O3. The molecule has 2 heterocycles. The molecule has 34 heavy (non-hydrogen) atoms. The average Bonchev–Trinajstić information content (AvgIpc) is 3.08. The molecule has 0 unspecified atom stereocenters. The highest BCUT2D eigenvalue weighted by molar-refractivity contribution is 6.07. The topological polar surface area (TPSA) is 65.1 Å². The maximum atomic E-state index is 13.4. The zero-order valence-corrected chi connectivity index (χ0v) is 19.7. The molecule has 0 saturated carbocycles. The monoisotopic (exact) mass is 458 g/mol. The van der Waals surface area contributed by atoms with E-state index in [1.807, 2.05) is 54.4 Å². The van der Waals surface area contributed by atoms with Crippen LogP contribution in [0.5, 0.6) is 0 Å². The van der Waals surface area contributed by atoms with E-state index in [1.165, 1.54) is 10.6 Å². The van der Waals surface area contributed by atoms with Gasteiger partial charge in [0.15, 0.2) is 0 Å². The van der Waals surface area contributed by atoms with E-state index in [2.05, 4.69) is 34.5 Å². The highest BCUT2D eigenvalue weighted by Gasteiger charge is 2.49. The number of anilines is 1. The van der Waals surface area contributed by atoms with Gasteiger partial charge in [0.2, 0.25) is 0 Å². The maximum absolute atomic E-state index is 13.4. The van der Waals surface area contributed by atoms with Gasteiger partial charge in [-0.2, -0.15) is 0 Å². The molecule has 3 amide bonds. The zero-order chi connectivity index (χ0) is 23.7. The van der Waals surface area contributed by atoms with E-state index >= 15 is 0 Å². The third-order valence-corrected chi connectivity index (χ3v) is 6.75. The summed E-state index contributed by atoms with van der Waals surface area (Å²) in [6.45, 7) is 5.96. The summed E-state index contributed by atoms with van der Waals surface area (Å²) >= 11 is 0. The van der Waals surface area contributed by atoms with Crippen molar-refractivity contribution in [1.82, 2.24) is 15.1 Å². The van der Waals surface area contributed by atoms with E-state index in [4.69, 9.17) is 4.74 Å². The van der Waals surface area contributed by atoms with E-state index in [0.29, 0.717) is 6.54 Å². The number of benzene rings is 3. The quantitative estimate of drug-likeness (QED) is 0.573. The summed E-state index contributed by atoms with van der Waals surface area (Å²) in [7, 11) is 1.92. The number of nitrogens with zero attached hydrogens (tertiary/aromatic N) is 3. The summed E-state index contributed by atoms with van der Waals surface area (Å²) in [5.74, 6) is -0.234. The van der Waals surface area contributed by atoms with Gasteiger partial charge in [-0.05, 0) is 54.1 Å². The van der Waals surface area contributed by atoms with Crippen LogP contribution in [0.1, 0.15) is 18.1 Å². The van der Waals surface area contributed by atoms with Crippen LogP contribution in [0.2, 0.25) is 0 Å². The maximum Gasteiger partial charge on any atom is 0.326 e. The molecule has 0 radical (unpaired) electrons. The second kappa shape index (κ2) is 9.08. The predicted molar refractivity (Wildman–Crippen MR) is 132 cm³/mol. The van der Waals surface area contributed by atoms with Gasteiger partial charge in [-0.1, -0.05) is 48.5 Å². The van der Waals surface area contributed by atoms with Crippen LogP contribution in [0.15, 0.2) is 66.7 Å². The van der Waals surface area contributed by atoms with Crippen molar-refractivity contribution in [2.24, 2.45) is 0 Å². The van der Waals surface area contributed by atoms with E-state index in [1.54, 1.807) is 6.92 Å². The van der Waals surface area contributed by atoms with Crippen LogP contribution in [0.3, 0.4) is 0 Å². The highest BCUT2D eigenvalue weighted by Crippen LogP contribution is 2.31. The summed E-state index contributed by atoms with van der Waals surface area (Å²) < 4.78 is 5.43. The number of ether oxygens (including phenoxy) is 1. The van der Waals surface area contributed by atoms with E-state index < -0.39 is 5.54 Å². The van der Waals surface area contributed by atoms with Gasteiger partial charge in [-0.3, -0.25) is 9.69 Å². The fourth-order valence-electron chi connectivity index (χ4n) is 4.76. The molecule has 1 atom stereocenters. The molecule has 2 fully saturated rings. The Morgan fingerprint density at radius 3 is 2.41 bits per heavy atom. The van der Waals surface area contributed by atoms with Crippen LogP contribution in [0.4, 0.5) is 10.5 Å². The van der Waals surface area contributed by atoms with Crippen LogP contribution in [-0.4, -0.2) is 61.8 Å². The van der Waals surface area contributed by atoms with Crippen molar-refractivity contribution in [2.45, 2.75) is 19.0 Å². The van der Waals surface area contributed by atoms with Crippen molar-refractivity contribution < 1.29 is 14.3 Å². The molecule has 2 aliphatic rings. The molecule has 5 rings (SSSR count). The summed E-state index contributed by atoms with van der Waals surface area (Å²) in [6, 6.07) is 22.0. The lowest BCUT2D eigenvalue weighted by molar-refractivity contribution is -0.132. The summed E-state index contributed by atoms with van der Waals surface area (Å²) in [4.78, 5) is 31.8. The fourth-order valence-corrected chi connectivity index (χ4v) is 4.76. The molecule has 0 bridgehead atoms. The summed E-state index contributed by atoms with van der Waals surface area (Å²) in [6.07, 6.45) is 0. The Labute approximate surface area is 199 Å². The number of fused-ring (bicyclic) bond motifs is 1. The standard InChI is InChI=1S/C27H30N4O3/c1-27(23-10-9-21-5-3-4-6-22(21)17-23)25(32)31(26(33)28-27)19-29(2)18-20-7-11-24(12-8-20)30-13-15-34-16-14-30/h3-12,17H,13-16,18-19H2,1-2H3,(H,28,33)/t27-/m0/s1. The third kappa shape index (κ3) is 4.24. The number of carbonyl (C=O) groups excluding carboxylic acids is 2. The molecule has 0 aliphatic carbocycles. The molecule has 3 aromatic rings. The number of urea groups is 1. The highest BCUT2D eigenvalue weighted by atomic mass is 16.5. The number of amides is 3. The van der Waals surface area contributed by atoms with Crippen LogP contribution < -0.4 is 10.2 Å². The predicted octanol–water partition coefficient (Wildman–Crippen LogP) is 3.53. The van der Waals surface area contributed by atoms with E-state index in [0.717, 1.165) is 48.2 Å². The number of morpholine rings is 1. The van der Waals surface area contributed by atoms with Gasteiger partial charge in [0.05, 0.1) is 19.9 Å². The minimum atomic E-state index is -1.08. The van der Waals surface area contributed by atoms with Crippen molar-refractivity contribution in [1.29, 1.82) is 0 Å². The van der Waals surface area contributed by atoms with Gasteiger partial charge in [0.1, 0.15) is 5.54 Å². The lowest BCUT2D eigenvalue weighted by Gasteiger charge is -2.29. The van der Waals surface area contributed by atoms with Crippen molar-refractivity contribution >= 4 is 28.4 Å². The Morgan fingerprint density at radius 2 is 1.68 bits per heavy atom. The van der Waals surface area contributed by atoms with Crippen molar-refractivity contribution in [3.8, 4) is 0 Å². The van der Waals surface area contributed by atoms with Crippen LogP contribution in [0, 0.1) is 0 Å². The number of carbonyl (C=O) groups is 2. The molecule has 2 aliphatic heterocycles. The minimum absolute atomic E-state index is 0.221. The van der Waals surface area contributed by atoms with Crippen molar-refractivity contribution in [3.63, 3.8) is 0 Å². The molecule has 0 aromatic heterocycles. The number of nitrogens with one attached hydrogen (secondary N) is 1. The van der Waals surface area contributed by atoms with Gasteiger partial charge in [-0.15, -0.1) is 0 Å². The molecular weight excluding hydrogens is 428 g/mol. The first-order chi connectivity index (χ1) is 16.4. The van der Waals surface area contributed by atoms with Crippen molar-refractivity contribution in [3.05, 3.63) is 77.9 Å². The Balaban J connectivity index is 1.26. The third-order valence-electron chi connectivity index (χ3n) is 6.75. The Kier molecular flexibility index (Phi) is 5.98. The summed E-state index contributed by atoms with van der Waals surface area (Å²) in [5.41, 5.74) is 2.02. The lowest BCUT2D eigenvalue weighted by atomic mass is 9.90. The molecule has 7 heteroatoms. The first-order valence-corrected chi connectivity index (χ1v) is 11.7. The first kappa shape index (κ1) is 22.4. The molecule has 7 nitrogen and oxygen atoms in total. The molecule has 3 aromatic carbocycles. The molecule has 176 valence electrons. The average molecular weight is 459 g/mol. The summed E-state index contributed by atoms with van der Waals surface area (Å²) in [5, 5.41) is 5.06. The normalized spacial score (nSPS) is 20.9. The number of hydrogen-bond donors (Lipinski definition) is 1. The van der Waals surface area contributed by atoms with Crippen LogP contribution in [-0.2, 0) is 21.6 Å². The first-order valence-electron chi connectivity index (χ1n) is 11.7. The number of imide groups is 1. The van der Waals surface area contributed by atoms with Gasteiger partial charge >= 0.3 is 6.03 Å². The van der Waals surface area contributed by atoms with E-state index in [-0.39, 0.29) is 18.6 Å². The van der Waals surface area contributed by atoms with Gasteiger partial charge < -0.3 is 15.0 Å². The molecule has 2 saturated heterocycles. The zero-order valence-electron chi connectivity index (χ0n) is 19.7. The van der Waals surface area contributed by atoms with Crippen LogP contribution in [0.25, 0.3) is 10.8 Å². The Morgan fingerprint density at radius 1 is 0.971 bits per heavy atom. The van der Waals surface area contributed by atoms with Gasteiger partial charge in [-0.25, -0.2) is 9.69 Å². The lowest BCUT2D eigenvalue weighted by Crippen LogP contribution is -2.42. The Hall–Kier alpha value is -3.42. The van der Waals surface area contributed by atoms with Crippen molar-refractivity contribution in [2.75, 3.05) is 44.9 Å². The minimum Gasteiger partial charge on any atom is -0.378 e.